The zero-order valence-corrected chi connectivity index (χ0v) is 21.8. The normalized spacial score (nSPS) is 12.3. The molecule has 194 valence electrons. The first-order valence-corrected chi connectivity index (χ1v) is 12.2. The van der Waals surface area contributed by atoms with Crippen molar-refractivity contribution in [2.24, 2.45) is 32.9 Å². The van der Waals surface area contributed by atoms with Crippen LogP contribution in [0.1, 0.15) is 36.8 Å². The van der Waals surface area contributed by atoms with Gasteiger partial charge in [0.2, 0.25) is 0 Å². The van der Waals surface area contributed by atoms with Gasteiger partial charge in [0, 0.05) is 30.2 Å². The van der Waals surface area contributed by atoms with E-state index in [0.717, 1.165) is 32.2 Å². The van der Waals surface area contributed by atoms with E-state index in [1.807, 2.05) is 0 Å². The molecule has 0 atom stereocenters. The number of guanidine groups is 3. The van der Waals surface area contributed by atoms with Crippen molar-refractivity contribution >= 4 is 46.9 Å². The first-order valence-electron chi connectivity index (χ1n) is 11.4. The van der Waals surface area contributed by atoms with Crippen LogP contribution >= 0.6 is 23.2 Å². The maximum absolute atomic E-state index is 8.63. The van der Waals surface area contributed by atoms with Crippen molar-refractivity contribution in [3.63, 3.8) is 0 Å². The molecular formula is C24H34Cl2N10. The molecule has 10 nitrogen and oxygen atoms in total. The fraction of sp³-hybridized carbons (Fsp3) is 0.333. The Labute approximate surface area is 221 Å². The van der Waals surface area contributed by atoms with Crippen LogP contribution in [0.15, 0.2) is 58.5 Å². The van der Waals surface area contributed by atoms with Gasteiger partial charge in [0.15, 0.2) is 23.4 Å². The number of aliphatic imine (C=N–C) groups is 2. The van der Waals surface area contributed by atoms with Crippen LogP contribution in [0.4, 0.5) is 0 Å². The maximum atomic E-state index is 8.63. The van der Waals surface area contributed by atoms with Crippen molar-refractivity contribution in [3.8, 4) is 0 Å². The number of hydrogen-bond donors (Lipinski definition) is 7. The zero-order chi connectivity index (χ0) is 26.7. The highest BCUT2D eigenvalue weighted by Gasteiger charge is 2.46. The van der Waals surface area contributed by atoms with Gasteiger partial charge in [0.1, 0.15) is 5.84 Å². The summed E-state index contributed by atoms with van der Waals surface area (Å²) < 4.78 is 0. The number of benzene rings is 2. The molecule has 36 heavy (non-hydrogen) atoms. The summed E-state index contributed by atoms with van der Waals surface area (Å²) in [5.74, 6) is -0.330. The summed E-state index contributed by atoms with van der Waals surface area (Å²) >= 11 is 12.2. The average molecular weight is 534 g/mol. The van der Waals surface area contributed by atoms with Crippen molar-refractivity contribution in [3.05, 3.63) is 69.7 Å². The third-order valence-electron chi connectivity index (χ3n) is 5.62. The molecule has 0 aliphatic carbocycles. The van der Waals surface area contributed by atoms with E-state index in [1.54, 1.807) is 55.6 Å². The summed E-state index contributed by atoms with van der Waals surface area (Å²) in [6.07, 6.45) is 3.62. The van der Waals surface area contributed by atoms with E-state index in [1.165, 1.54) is 4.90 Å². The van der Waals surface area contributed by atoms with Crippen LogP contribution in [0, 0.1) is 10.8 Å². The topological polar surface area (TPSA) is 192 Å². The van der Waals surface area contributed by atoms with E-state index < -0.39 is 11.5 Å². The van der Waals surface area contributed by atoms with Gasteiger partial charge in [-0.2, -0.15) is 0 Å². The minimum atomic E-state index is -1.54. The number of nitrogens with two attached hydrogens (primary N) is 4. The predicted molar refractivity (Wildman–Crippen MR) is 150 cm³/mol. The maximum Gasteiger partial charge on any atom is 0.199 e. The lowest BCUT2D eigenvalue weighted by atomic mass is 9.80. The molecule has 0 aliphatic rings. The summed E-state index contributed by atoms with van der Waals surface area (Å²) in [7, 11) is 1.63. The second-order valence-electron chi connectivity index (χ2n) is 8.05. The van der Waals surface area contributed by atoms with Gasteiger partial charge in [-0.1, -0.05) is 60.3 Å². The van der Waals surface area contributed by atoms with Crippen LogP contribution in [0.5, 0.6) is 0 Å². The summed E-state index contributed by atoms with van der Waals surface area (Å²) in [6.45, 7) is 1.16. The summed E-state index contributed by atoms with van der Waals surface area (Å²) in [6, 6.07) is 13.5. The first-order chi connectivity index (χ1) is 17.1. The third kappa shape index (κ3) is 7.02. The molecule has 0 heterocycles. The Morgan fingerprint density at radius 1 is 0.861 bits per heavy atom. The minimum Gasteiger partial charge on any atom is -0.385 e. The number of rotatable bonds is 11. The lowest BCUT2D eigenvalue weighted by Gasteiger charge is -2.43. The molecule has 0 fully saturated rings. The lowest BCUT2D eigenvalue weighted by Crippen LogP contribution is -2.63. The van der Waals surface area contributed by atoms with Crippen LogP contribution < -0.4 is 28.3 Å². The smallest absolute Gasteiger partial charge is 0.199 e. The average Bonchev–Trinajstić information content (AvgIpc) is 2.84. The molecule has 0 amide bonds. The van der Waals surface area contributed by atoms with Crippen molar-refractivity contribution in [1.29, 1.82) is 10.8 Å². The van der Waals surface area contributed by atoms with Gasteiger partial charge in [-0.15, -0.1) is 0 Å². The molecule has 2 rings (SSSR count). The van der Waals surface area contributed by atoms with Crippen molar-refractivity contribution < 1.29 is 0 Å². The number of nitrogens with one attached hydrogen (secondary N) is 3. The van der Waals surface area contributed by atoms with Gasteiger partial charge in [-0.3, -0.25) is 25.7 Å². The number of halogens is 2. The molecule has 0 aromatic heterocycles. The molecule has 0 aliphatic heterocycles. The molecule has 12 heteroatoms. The van der Waals surface area contributed by atoms with Gasteiger partial charge < -0.3 is 28.3 Å². The fourth-order valence-electron chi connectivity index (χ4n) is 3.86. The van der Waals surface area contributed by atoms with Gasteiger partial charge in [-0.25, -0.2) is 0 Å². The van der Waals surface area contributed by atoms with E-state index >= 15 is 0 Å². The highest BCUT2D eigenvalue weighted by Crippen LogP contribution is 2.37. The molecule has 0 bridgehead atoms. The number of hydrogen-bond acceptors (Lipinski definition) is 4. The number of unbranched alkanes of at least 4 members (excludes halogenated alkanes) is 3. The van der Waals surface area contributed by atoms with Gasteiger partial charge >= 0.3 is 0 Å². The third-order valence-corrected chi connectivity index (χ3v) is 6.13. The standard InChI is InChI=1S/C24H34Cl2N10/c1-33-22(31)34-14-4-2-3-5-15-35-23(32)36(21(29)30)24(20(27)28,16-6-10-18(25)11-7-16)17-8-12-19(26)13-9-17/h6-13H,2-5,14-15H2,1H3,(H3,27,28)(H3,29,30)(H2,32,35)(H3,31,33,34). The van der Waals surface area contributed by atoms with Crippen LogP contribution in [-0.2, 0) is 5.54 Å². The van der Waals surface area contributed by atoms with Crippen LogP contribution in [-0.4, -0.2) is 48.8 Å². The summed E-state index contributed by atoms with van der Waals surface area (Å²) in [5, 5.41) is 21.0. The monoisotopic (exact) mass is 532 g/mol. The highest BCUT2D eigenvalue weighted by atomic mass is 35.5. The predicted octanol–water partition coefficient (Wildman–Crippen LogP) is 2.78. The Bertz CT molecular complexity index is 1040. The highest BCUT2D eigenvalue weighted by molar-refractivity contribution is 6.31. The molecule has 0 unspecified atom stereocenters. The molecule has 2 aromatic carbocycles. The number of nitrogens with zero attached hydrogens (tertiary/aromatic N) is 3. The molecule has 0 saturated heterocycles. The molecule has 11 N–H and O–H groups in total. The number of amidine groups is 1. The molecule has 2 aromatic rings. The molecule has 0 spiro atoms. The Morgan fingerprint density at radius 2 is 1.36 bits per heavy atom. The second-order valence-corrected chi connectivity index (χ2v) is 8.92. The SMILES string of the molecule is CN=C(N)NCCCCCCN=C(N)N(C(=N)N)C(C(=N)N)(c1ccc(Cl)cc1)c1ccc(Cl)cc1. The van der Waals surface area contributed by atoms with Crippen molar-refractivity contribution in [2.75, 3.05) is 20.1 Å². The van der Waals surface area contributed by atoms with Gasteiger partial charge in [0.05, 0.1) is 0 Å². The Balaban J connectivity index is 2.34. The minimum absolute atomic E-state index is 0.0313. The van der Waals surface area contributed by atoms with E-state index in [0.29, 0.717) is 33.7 Å². The Kier molecular flexibility index (Phi) is 10.8. The zero-order valence-electron chi connectivity index (χ0n) is 20.3. The summed E-state index contributed by atoms with van der Waals surface area (Å²) in [5.41, 5.74) is 23.8. The van der Waals surface area contributed by atoms with E-state index in [-0.39, 0.29) is 11.8 Å². The molecule has 0 saturated carbocycles. The Morgan fingerprint density at radius 3 is 1.81 bits per heavy atom. The fourth-order valence-corrected chi connectivity index (χ4v) is 4.12. The molecular weight excluding hydrogens is 499 g/mol. The largest absolute Gasteiger partial charge is 0.385 e. The lowest BCUT2D eigenvalue weighted by molar-refractivity contribution is 0.411. The van der Waals surface area contributed by atoms with Crippen molar-refractivity contribution in [2.45, 2.75) is 31.2 Å². The summed E-state index contributed by atoms with van der Waals surface area (Å²) in [4.78, 5) is 9.59. The van der Waals surface area contributed by atoms with E-state index in [4.69, 9.17) is 57.0 Å². The Hall–Kier alpha value is -3.50. The van der Waals surface area contributed by atoms with E-state index in [9.17, 15) is 0 Å². The van der Waals surface area contributed by atoms with Crippen LogP contribution in [0.3, 0.4) is 0 Å². The van der Waals surface area contributed by atoms with Crippen molar-refractivity contribution in [1.82, 2.24) is 10.2 Å². The van der Waals surface area contributed by atoms with Crippen LogP contribution in [0.25, 0.3) is 0 Å². The van der Waals surface area contributed by atoms with E-state index in [2.05, 4.69) is 15.3 Å². The van der Waals surface area contributed by atoms with Gasteiger partial charge in [-0.05, 0) is 48.2 Å². The van der Waals surface area contributed by atoms with Gasteiger partial charge in [0.25, 0.3) is 0 Å². The molecule has 0 radical (unpaired) electrons. The second kappa shape index (κ2) is 13.6. The van der Waals surface area contributed by atoms with Crippen LogP contribution in [0.2, 0.25) is 10.0 Å². The quantitative estimate of drug-likeness (QED) is 0.132. The first kappa shape index (κ1) is 28.7.